The van der Waals surface area contributed by atoms with E-state index in [0.29, 0.717) is 24.8 Å². The molecule has 2 heterocycles. The molecule has 6 rings (SSSR count). The second-order valence-electron chi connectivity index (χ2n) is 9.97. The van der Waals surface area contributed by atoms with Crippen LogP contribution in [0.5, 0.6) is 0 Å². The summed E-state index contributed by atoms with van der Waals surface area (Å²) in [5.74, 6) is -3.80. The van der Waals surface area contributed by atoms with E-state index in [0.717, 1.165) is 6.42 Å². The van der Waals surface area contributed by atoms with Crippen LogP contribution in [0.15, 0.2) is 12.2 Å². The maximum absolute atomic E-state index is 13.3. The number of aliphatic hydroxyl groups excluding tert-OH is 3. The molecular weight excluding hydrogens is 336 g/mol. The Hall–Kier alpha value is -0.790. The predicted molar refractivity (Wildman–Crippen MR) is 90.7 cm³/mol. The Morgan fingerprint density at radius 1 is 1.12 bits per heavy atom. The monoisotopic (exact) mass is 364 g/mol. The fourth-order valence-electron chi connectivity index (χ4n) is 7.90. The molecule has 0 aromatic rings. The largest absolute Gasteiger partial charge is 0.392 e. The fourth-order valence-corrected chi connectivity index (χ4v) is 7.90. The number of aliphatic hydroxyl groups is 4. The minimum Gasteiger partial charge on any atom is -0.392 e. The van der Waals surface area contributed by atoms with Gasteiger partial charge in [0.25, 0.3) is 0 Å². The molecule has 26 heavy (non-hydrogen) atoms. The first-order valence-corrected chi connectivity index (χ1v) is 9.71. The first kappa shape index (κ1) is 17.3. The van der Waals surface area contributed by atoms with Crippen molar-refractivity contribution in [2.45, 2.75) is 63.6 Å². The first-order chi connectivity index (χ1) is 12.1. The van der Waals surface area contributed by atoms with Crippen LogP contribution in [0.3, 0.4) is 0 Å². The maximum Gasteiger partial charge on any atom is 0.208 e. The van der Waals surface area contributed by atoms with Gasteiger partial charge in [0.15, 0.2) is 5.78 Å². The molecule has 6 nitrogen and oxygen atoms in total. The molecule has 144 valence electrons. The van der Waals surface area contributed by atoms with Gasteiger partial charge in [-0.15, -0.1) is 0 Å². The zero-order valence-corrected chi connectivity index (χ0v) is 15.3. The van der Waals surface area contributed by atoms with Gasteiger partial charge in [-0.1, -0.05) is 20.4 Å². The molecule has 4 saturated carbocycles. The highest BCUT2D eigenvalue weighted by atomic mass is 16.6. The van der Waals surface area contributed by atoms with E-state index in [1.165, 1.54) is 0 Å². The van der Waals surface area contributed by atoms with Gasteiger partial charge in [-0.05, 0) is 42.6 Å². The molecule has 2 spiro atoms. The van der Waals surface area contributed by atoms with Crippen molar-refractivity contribution in [3.63, 3.8) is 0 Å². The average Bonchev–Trinajstić information content (AvgIpc) is 2.69. The van der Waals surface area contributed by atoms with Gasteiger partial charge in [0, 0.05) is 17.3 Å². The second kappa shape index (κ2) is 4.61. The molecule has 4 N–H and O–H groups in total. The van der Waals surface area contributed by atoms with Gasteiger partial charge < -0.3 is 25.2 Å². The van der Waals surface area contributed by atoms with Gasteiger partial charge >= 0.3 is 0 Å². The van der Waals surface area contributed by atoms with Gasteiger partial charge in [0.05, 0.1) is 18.8 Å². The van der Waals surface area contributed by atoms with Crippen LogP contribution in [0, 0.1) is 34.0 Å². The van der Waals surface area contributed by atoms with Crippen LogP contribution in [-0.4, -0.2) is 56.9 Å². The van der Waals surface area contributed by atoms with Crippen molar-refractivity contribution in [2.24, 2.45) is 34.0 Å². The quantitative estimate of drug-likeness (QED) is 0.463. The minimum atomic E-state index is -2.15. The number of carbonyl (C=O) groups is 1. The molecule has 0 unspecified atom stereocenters. The summed E-state index contributed by atoms with van der Waals surface area (Å²) in [7, 11) is 0. The molecule has 6 fully saturated rings. The SMILES string of the molecule is C=C1C(=O)[C@]23[C@@H](O)[C@H]1CC[C@H]2[C@@]12CO[C@]3(O)[C@@H](O)[C@@H]1C(C)(C)CC[C@@H]2O. The molecule has 0 radical (unpaired) electrons. The lowest BCUT2D eigenvalue weighted by Crippen LogP contribution is -2.85. The van der Waals surface area contributed by atoms with Crippen molar-refractivity contribution >= 4 is 5.78 Å². The Kier molecular flexibility index (Phi) is 3.07. The standard InChI is InChI=1S/C20H28O6/c1-9-10-4-5-11-18-8-26-20(25,19(11,14(9)22)15(10)23)16(24)13(18)17(2,3)7-6-12(18)21/h10-13,15-16,21,23-25H,1,4-8H2,2-3H3/t10-,11-,12-,13+,15-,16-,18+,19-,20+/m0/s1. The summed E-state index contributed by atoms with van der Waals surface area (Å²) in [6, 6.07) is 0. The lowest BCUT2D eigenvalue weighted by molar-refractivity contribution is -0.458. The number of carbonyl (C=O) groups excluding carboxylic acids is 1. The normalized spacial score (nSPS) is 59.9. The summed E-state index contributed by atoms with van der Waals surface area (Å²) in [6.45, 7) is 8.07. The summed E-state index contributed by atoms with van der Waals surface area (Å²) in [6.07, 6.45) is -0.747. The zero-order valence-electron chi connectivity index (χ0n) is 15.3. The smallest absolute Gasteiger partial charge is 0.208 e. The van der Waals surface area contributed by atoms with Crippen molar-refractivity contribution < 1.29 is 30.0 Å². The summed E-state index contributed by atoms with van der Waals surface area (Å²) in [5.41, 5.74) is -2.49. The van der Waals surface area contributed by atoms with Crippen LogP contribution in [-0.2, 0) is 9.53 Å². The summed E-state index contributed by atoms with van der Waals surface area (Å²) in [4.78, 5) is 13.3. The Balaban J connectivity index is 1.81. The molecule has 4 bridgehead atoms. The van der Waals surface area contributed by atoms with Crippen LogP contribution in [0.2, 0.25) is 0 Å². The molecule has 6 aliphatic rings. The van der Waals surface area contributed by atoms with E-state index in [1.807, 2.05) is 13.8 Å². The van der Waals surface area contributed by atoms with E-state index in [-0.39, 0.29) is 12.0 Å². The highest BCUT2D eigenvalue weighted by molar-refractivity contribution is 6.05. The molecule has 2 saturated heterocycles. The van der Waals surface area contributed by atoms with Crippen LogP contribution < -0.4 is 0 Å². The summed E-state index contributed by atoms with van der Waals surface area (Å²) < 4.78 is 5.80. The summed E-state index contributed by atoms with van der Waals surface area (Å²) in [5, 5.41) is 45.1. The first-order valence-electron chi connectivity index (χ1n) is 9.71. The van der Waals surface area contributed by atoms with Crippen LogP contribution >= 0.6 is 0 Å². The van der Waals surface area contributed by atoms with Crippen molar-refractivity contribution in [1.82, 2.24) is 0 Å². The Bertz CT molecular complexity index is 717. The number of hydrogen-bond donors (Lipinski definition) is 4. The lowest BCUT2D eigenvalue weighted by Gasteiger charge is -2.74. The molecule has 4 aliphatic carbocycles. The maximum atomic E-state index is 13.3. The molecule has 0 aromatic carbocycles. The number of rotatable bonds is 0. The highest BCUT2D eigenvalue weighted by Crippen LogP contribution is 2.76. The second-order valence-corrected chi connectivity index (χ2v) is 9.97. The molecule has 9 atom stereocenters. The number of hydrogen-bond acceptors (Lipinski definition) is 6. The Morgan fingerprint density at radius 3 is 2.50 bits per heavy atom. The van der Waals surface area contributed by atoms with Gasteiger partial charge in [0.2, 0.25) is 5.79 Å². The third-order valence-corrected chi connectivity index (χ3v) is 8.88. The number of ketones is 1. The van der Waals surface area contributed by atoms with Gasteiger partial charge in [-0.2, -0.15) is 0 Å². The van der Waals surface area contributed by atoms with Crippen LogP contribution in [0.1, 0.15) is 39.5 Å². The number of ether oxygens (including phenoxy) is 1. The van der Waals surface area contributed by atoms with Gasteiger partial charge in [-0.25, -0.2) is 0 Å². The van der Waals surface area contributed by atoms with E-state index >= 15 is 0 Å². The Labute approximate surface area is 152 Å². The van der Waals surface area contributed by atoms with Crippen molar-refractivity contribution in [3.8, 4) is 0 Å². The van der Waals surface area contributed by atoms with Gasteiger partial charge in [-0.3, -0.25) is 4.79 Å². The molecule has 0 aromatic heterocycles. The van der Waals surface area contributed by atoms with Crippen LogP contribution in [0.25, 0.3) is 0 Å². The van der Waals surface area contributed by atoms with Crippen molar-refractivity contribution in [3.05, 3.63) is 12.2 Å². The Morgan fingerprint density at radius 2 is 1.81 bits per heavy atom. The topological polar surface area (TPSA) is 107 Å². The number of fused-ring (bicyclic) bond motifs is 2. The molecule has 2 aliphatic heterocycles. The van der Waals surface area contributed by atoms with Crippen molar-refractivity contribution in [1.29, 1.82) is 0 Å². The molecule has 6 heteroatoms. The number of Topliss-reactive ketones (excluding diaryl/α,β-unsaturated/α-hetero) is 1. The third kappa shape index (κ3) is 1.41. The average molecular weight is 364 g/mol. The molecule has 0 amide bonds. The predicted octanol–water partition coefficient (Wildman–Crippen LogP) is 0.376. The van der Waals surface area contributed by atoms with E-state index in [9.17, 15) is 25.2 Å². The van der Waals surface area contributed by atoms with E-state index in [2.05, 4.69) is 6.58 Å². The highest BCUT2D eigenvalue weighted by Gasteiger charge is 2.86. The van der Waals surface area contributed by atoms with E-state index in [4.69, 9.17) is 4.74 Å². The lowest BCUT2D eigenvalue weighted by atomic mass is 9.35. The third-order valence-electron chi connectivity index (χ3n) is 8.88. The summed E-state index contributed by atoms with van der Waals surface area (Å²) >= 11 is 0. The van der Waals surface area contributed by atoms with E-state index < -0.39 is 58.5 Å². The van der Waals surface area contributed by atoms with Crippen LogP contribution in [0.4, 0.5) is 0 Å². The van der Waals surface area contributed by atoms with Crippen molar-refractivity contribution in [2.75, 3.05) is 6.61 Å². The van der Waals surface area contributed by atoms with Gasteiger partial charge in [0.1, 0.15) is 11.5 Å². The molecular formula is C20H28O6. The minimum absolute atomic E-state index is 0.0966. The zero-order chi connectivity index (χ0) is 18.9. The van der Waals surface area contributed by atoms with E-state index in [1.54, 1.807) is 0 Å². The fraction of sp³-hybridized carbons (Fsp3) is 0.850.